The van der Waals surface area contributed by atoms with Gasteiger partial charge < -0.3 is 15.5 Å². The van der Waals surface area contributed by atoms with Crippen LogP contribution in [0.2, 0.25) is 0 Å². The molecule has 1 saturated carbocycles. The summed E-state index contributed by atoms with van der Waals surface area (Å²) in [5.74, 6) is 0. The minimum Gasteiger partial charge on any atom is -0.335 e. The van der Waals surface area contributed by atoms with Gasteiger partial charge in [-0.1, -0.05) is 12.8 Å². The van der Waals surface area contributed by atoms with Gasteiger partial charge in [-0.15, -0.1) is 0 Å². The van der Waals surface area contributed by atoms with Crippen LogP contribution in [0.4, 0.5) is 4.79 Å². The number of carbonyl (C=O) groups excluding carboxylic acids is 1. The van der Waals surface area contributed by atoms with E-state index in [1.165, 1.54) is 19.3 Å². The molecule has 4 heteroatoms. The third-order valence-corrected chi connectivity index (χ3v) is 3.82. The van der Waals surface area contributed by atoms with Crippen LogP contribution in [0.25, 0.3) is 0 Å². The second kappa shape index (κ2) is 5.53. The van der Waals surface area contributed by atoms with Crippen LogP contribution in [0.1, 0.15) is 38.5 Å². The fourth-order valence-electron chi connectivity index (χ4n) is 2.68. The molecule has 2 amide bonds. The van der Waals surface area contributed by atoms with Crippen LogP contribution in [0.3, 0.4) is 0 Å². The molecule has 0 aromatic rings. The molecule has 2 aliphatic rings. The summed E-state index contributed by atoms with van der Waals surface area (Å²) in [7, 11) is 1.92. The first-order chi connectivity index (χ1) is 7.77. The first kappa shape index (κ1) is 11.7. The van der Waals surface area contributed by atoms with E-state index in [0.29, 0.717) is 12.1 Å². The molecule has 0 radical (unpaired) electrons. The van der Waals surface area contributed by atoms with Crippen molar-refractivity contribution in [2.45, 2.75) is 50.6 Å². The van der Waals surface area contributed by atoms with Crippen LogP contribution in [0.15, 0.2) is 0 Å². The van der Waals surface area contributed by atoms with Crippen LogP contribution in [0.5, 0.6) is 0 Å². The Labute approximate surface area is 97.8 Å². The summed E-state index contributed by atoms with van der Waals surface area (Å²) in [6.07, 6.45) is 7.14. The summed E-state index contributed by atoms with van der Waals surface area (Å²) in [5.41, 5.74) is 0. The van der Waals surface area contributed by atoms with Gasteiger partial charge in [-0.25, -0.2) is 4.79 Å². The molecule has 1 saturated heterocycles. The zero-order chi connectivity index (χ0) is 11.4. The number of amides is 2. The Morgan fingerprint density at radius 3 is 2.62 bits per heavy atom. The van der Waals surface area contributed by atoms with Crippen LogP contribution in [0, 0.1) is 0 Å². The van der Waals surface area contributed by atoms with Crippen molar-refractivity contribution in [3.8, 4) is 0 Å². The number of hydrogen-bond donors (Lipinski definition) is 2. The average Bonchev–Trinajstić information content (AvgIpc) is 2.82. The predicted molar refractivity (Wildman–Crippen MR) is 64.4 cm³/mol. The molecular formula is C12H23N3O. The van der Waals surface area contributed by atoms with Crippen molar-refractivity contribution >= 4 is 6.03 Å². The van der Waals surface area contributed by atoms with E-state index in [4.69, 9.17) is 0 Å². The first-order valence-corrected chi connectivity index (χ1v) is 6.51. The van der Waals surface area contributed by atoms with Gasteiger partial charge in [-0.05, 0) is 32.2 Å². The van der Waals surface area contributed by atoms with Gasteiger partial charge in [0.2, 0.25) is 0 Å². The van der Waals surface area contributed by atoms with Crippen molar-refractivity contribution < 1.29 is 4.79 Å². The van der Waals surface area contributed by atoms with Crippen molar-refractivity contribution in [1.82, 2.24) is 15.5 Å². The van der Waals surface area contributed by atoms with Gasteiger partial charge in [0.15, 0.2) is 0 Å². The first-order valence-electron chi connectivity index (χ1n) is 6.51. The molecule has 0 spiro atoms. The summed E-state index contributed by atoms with van der Waals surface area (Å²) < 4.78 is 0. The molecule has 92 valence electrons. The van der Waals surface area contributed by atoms with Crippen molar-refractivity contribution in [1.29, 1.82) is 0 Å². The van der Waals surface area contributed by atoms with Gasteiger partial charge in [0, 0.05) is 25.7 Å². The summed E-state index contributed by atoms with van der Waals surface area (Å²) in [6.45, 7) is 2.03. The second-order valence-electron chi connectivity index (χ2n) is 5.04. The average molecular weight is 225 g/mol. The summed E-state index contributed by atoms with van der Waals surface area (Å²) >= 11 is 0. The maximum Gasteiger partial charge on any atom is 0.317 e. The minimum absolute atomic E-state index is 0.112. The van der Waals surface area contributed by atoms with Crippen molar-refractivity contribution in [2.24, 2.45) is 0 Å². The number of piperidine rings is 1. The van der Waals surface area contributed by atoms with E-state index < -0.39 is 0 Å². The molecule has 1 heterocycles. The van der Waals surface area contributed by atoms with Crippen LogP contribution < -0.4 is 10.6 Å². The van der Waals surface area contributed by atoms with Crippen molar-refractivity contribution in [3.63, 3.8) is 0 Å². The van der Waals surface area contributed by atoms with E-state index in [9.17, 15) is 4.79 Å². The fourth-order valence-corrected chi connectivity index (χ4v) is 2.68. The van der Waals surface area contributed by atoms with Crippen molar-refractivity contribution in [2.75, 3.05) is 20.1 Å². The van der Waals surface area contributed by atoms with E-state index >= 15 is 0 Å². The number of carbonyl (C=O) groups is 1. The molecule has 1 aliphatic carbocycles. The Balaban J connectivity index is 1.78. The molecule has 1 aliphatic heterocycles. The number of nitrogens with zero attached hydrogens (tertiary/aromatic N) is 1. The van der Waals surface area contributed by atoms with E-state index in [-0.39, 0.29) is 6.03 Å². The van der Waals surface area contributed by atoms with Gasteiger partial charge in [-0.3, -0.25) is 0 Å². The van der Waals surface area contributed by atoms with Crippen LogP contribution in [-0.2, 0) is 0 Å². The summed E-state index contributed by atoms with van der Waals surface area (Å²) in [5, 5.41) is 6.48. The Hall–Kier alpha value is -0.770. The number of rotatable bonds is 2. The number of urea groups is 1. The Morgan fingerprint density at radius 1 is 1.25 bits per heavy atom. The molecule has 2 N–H and O–H groups in total. The maximum absolute atomic E-state index is 12.0. The minimum atomic E-state index is 0.112. The van der Waals surface area contributed by atoms with E-state index in [1.54, 1.807) is 0 Å². The van der Waals surface area contributed by atoms with Gasteiger partial charge in [0.1, 0.15) is 0 Å². The van der Waals surface area contributed by atoms with Gasteiger partial charge >= 0.3 is 6.03 Å². The van der Waals surface area contributed by atoms with Crippen LogP contribution >= 0.6 is 0 Å². The predicted octanol–water partition coefficient (Wildman–Crippen LogP) is 1.32. The Kier molecular flexibility index (Phi) is 4.04. The van der Waals surface area contributed by atoms with E-state index in [0.717, 1.165) is 32.4 Å². The molecule has 2 rings (SSSR count). The zero-order valence-electron chi connectivity index (χ0n) is 10.2. The quantitative estimate of drug-likeness (QED) is 0.744. The number of likely N-dealkylation sites (N-methyl/N-ethyl adjacent to an activating group) is 1. The maximum atomic E-state index is 12.0. The van der Waals surface area contributed by atoms with Crippen LogP contribution in [-0.4, -0.2) is 43.2 Å². The molecule has 1 unspecified atom stereocenters. The lowest BCUT2D eigenvalue weighted by molar-refractivity contribution is 0.175. The lowest BCUT2D eigenvalue weighted by Crippen LogP contribution is -2.51. The largest absolute Gasteiger partial charge is 0.335 e. The fraction of sp³-hybridized carbons (Fsp3) is 0.917. The molecule has 16 heavy (non-hydrogen) atoms. The lowest BCUT2D eigenvalue weighted by Gasteiger charge is -2.32. The molecular weight excluding hydrogens is 202 g/mol. The topological polar surface area (TPSA) is 44.4 Å². The lowest BCUT2D eigenvalue weighted by atomic mass is 10.1. The highest BCUT2D eigenvalue weighted by molar-refractivity contribution is 5.74. The van der Waals surface area contributed by atoms with Gasteiger partial charge in [0.05, 0.1) is 0 Å². The highest BCUT2D eigenvalue weighted by atomic mass is 16.2. The Bertz CT molecular complexity index is 232. The molecule has 0 bridgehead atoms. The van der Waals surface area contributed by atoms with Gasteiger partial charge in [-0.2, -0.15) is 0 Å². The third-order valence-electron chi connectivity index (χ3n) is 3.82. The molecule has 4 nitrogen and oxygen atoms in total. The summed E-state index contributed by atoms with van der Waals surface area (Å²) in [4.78, 5) is 13.9. The normalized spacial score (nSPS) is 26.7. The SMILES string of the molecule is CN(C(=O)NC1CCCC1)C1CCCNC1. The molecule has 2 fully saturated rings. The smallest absolute Gasteiger partial charge is 0.317 e. The third kappa shape index (κ3) is 2.88. The molecule has 0 aromatic heterocycles. The van der Waals surface area contributed by atoms with Gasteiger partial charge in [0.25, 0.3) is 0 Å². The highest BCUT2D eigenvalue weighted by Gasteiger charge is 2.24. The molecule has 0 aromatic carbocycles. The summed E-state index contributed by atoms with van der Waals surface area (Å²) in [6, 6.07) is 0.905. The molecule has 1 atom stereocenters. The number of nitrogens with one attached hydrogen (secondary N) is 2. The number of hydrogen-bond acceptors (Lipinski definition) is 2. The second-order valence-corrected chi connectivity index (χ2v) is 5.04. The van der Waals surface area contributed by atoms with Crippen molar-refractivity contribution in [3.05, 3.63) is 0 Å². The highest BCUT2D eigenvalue weighted by Crippen LogP contribution is 2.18. The Morgan fingerprint density at radius 2 is 2.00 bits per heavy atom. The monoisotopic (exact) mass is 225 g/mol. The van der Waals surface area contributed by atoms with E-state index in [2.05, 4.69) is 10.6 Å². The van der Waals surface area contributed by atoms with E-state index in [1.807, 2.05) is 11.9 Å². The zero-order valence-corrected chi connectivity index (χ0v) is 10.2. The standard InChI is InChI=1S/C12H23N3O/c1-15(11-7-4-8-13-9-11)12(16)14-10-5-2-3-6-10/h10-11,13H,2-9H2,1H3,(H,14,16).